The highest BCUT2D eigenvalue weighted by atomic mass is 19.4. The van der Waals surface area contributed by atoms with Crippen LogP contribution in [0.3, 0.4) is 0 Å². The van der Waals surface area contributed by atoms with Crippen molar-refractivity contribution < 1.29 is 18.0 Å². The van der Waals surface area contributed by atoms with Crippen molar-refractivity contribution in [1.82, 2.24) is 39.8 Å². The first kappa shape index (κ1) is 18.8. The number of halogens is 3. The minimum absolute atomic E-state index is 0.259. The van der Waals surface area contributed by atoms with Gasteiger partial charge in [0.15, 0.2) is 11.5 Å². The van der Waals surface area contributed by atoms with Crippen LogP contribution in [0.15, 0.2) is 31.2 Å². The summed E-state index contributed by atoms with van der Waals surface area (Å²) in [6.45, 7) is 0.299. The van der Waals surface area contributed by atoms with Gasteiger partial charge in [0.2, 0.25) is 5.91 Å². The second kappa shape index (κ2) is 7.11. The molecule has 4 rings (SSSR count). The lowest BCUT2D eigenvalue weighted by atomic mass is 10.2. The molecule has 4 heterocycles. The molecule has 4 aromatic heterocycles. The van der Waals surface area contributed by atoms with Crippen LogP contribution in [0, 0.1) is 0 Å². The van der Waals surface area contributed by atoms with Crippen LogP contribution in [0.2, 0.25) is 0 Å². The van der Waals surface area contributed by atoms with Crippen LogP contribution in [-0.4, -0.2) is 53.1 Å². The highest BCUT2D eigenvalue weighted by Gasteiger charge is 2.30. The molecule has 12 heteroatoms. The monoisotopic (exact) mass is 404 g/mol. The van der Waals surface area contributed by atoms with E-state index in [-0.39, 0.29) is 6.42 Å². The van der Waals surface area contributed by atoms with Crippen molar-refractivity contribution in [1.29, 1.82) is 0 Å². The number of nitrogens with one attached hydrogen (secondary N) is 2. The van der Waals surface area contributed by atoms with Crippen molar-refractivity contribution in [3.8, 4) is 11.4 Å². The molecule has 4 aromatic rings. The van der Waals surface area contributed by atoms with Gasteiger partial charge in [0, 0.05) is 23.3 Å². The number of imidazole rings is 1. The topological polar surface area (TPSA) is 114 Å². The molecular formula is C17H15F3N8O. The third-order valence-electron chi connectivity index (χ3n) is 4.40. The highest BCUT2D eigenvalue weighted by Crippen LogP contribution is 2.26. The molecule has 0 aliphatic rings. The molecule has 150 valence electrons. The van der Waals surface area contributed by atoms with Gasteiger partial charge in [-0.2, -0.15) is 13.2 Å². The van der Waals surface area contributed by atoms with Crippen LogP contribution < -0.4 is 5.32 Å². The fourth-order valence-corrected chi connectivity index (χ4v) is 3.04. The van der Waals surface area contributed by atoms with E-state index in [0.29, 0.717) is 33.6 Å². The maximum Gasteiger partial charge on any atom is 0.405 e. The van der Waals surface area contributed by atoms with Gasteiger partial charge in [0.1, 0.15) is 30.1 Å². The number of hydrogen-bond donors (Lipinski definition) is 2. The zero-order valence-electron chi connectivity index (χ0n) is 15.1. The molecule has 0 fully saturated rings. The van der Waals surface area contributed by atoms with E-state index in [2.05, 4.69) is 29.9 Å². The normalized spacial score (nSPS) is 13.1. The molecule has 0 saturated heterocycles. The van der Waals surface area contributed by atoms with Crippen molar-refractivity contribution in [3.05, 3.63) is 31.2 Å². The number of amides is 1. The quantitative estimate of drug-likeness (QED) is 0.528. The van der Waals surface area contributed by atoms with Crippen LogP contribution in [0.5, 0.6) is 0 Å². The zero-order chi connectivity index (χ0) is 20.6. The van der Waals surface area contributed by atoms with Crippen LogP contribution >= 0.6 is 0 Å². The van der Waals surface area contributed by atoms with E-state index in [4.69, 9.17) is 0 Å². The van der Waals surface area contributed by atoms with Gasteiger partial charge in [-0.05, 0) is 6.42 Å². The summed E-state index contributed by atoms with van der Waals surface area (Å²) in [5.41, 5.74) is 2.04. The predicted molar refractivity (Wildman–Crippen MR) is 96.6 cm³/mol. The molecule has 0 spiro atoms. The second-order valence-corrected chi connectivity index (χ2v) is 6.30. The fraction of sp³-hybridized carbons (Fsp3) is 0.294. The number of aromatic nitrogens is 7. The summed E-state index contributed by atoms with van der Waals surface area (Å²) in [5, 5.41) is 2.63. The Labute approximate surface area is 161 Å². The van der Waals surface area contributed by atoms with E-state index >= 15 is 0 Å². The Morgan fingerprint density at radius 1 is 1.28 bits per heavy atom. The molecule has 0 radical (unpaired) electrons. The Balaban J connectivity index is 1.72. The fourth-order valence-electron chi connectivity index (χ4n) is 3.04. The summed E-state index contributed by atoms with van der Waals surface area (Å²) in [5.74, 6) is -0.407. The summed E-state index contributed by atoms with van der Waals surface area (Å²) >= 11 is 0. The van der Waals surface area contributed by atoms with Crippen LogP contribution in [0.4, 0.5) is 13.2 Å². The van der Waals surface area contributed by atoms with Crippen molar-refractivity contribution >= 4 is 28.1 Å². The van der Waals surface area contributed by atoms with Gasteiger partial charge in [-0.15, -0.1) is 0 Å². The first-order chi connectivity index (χ1) is 13.9. The summed E-state index contributed by atoms with van der Waals surface area (Å²) in [7, 11) is 0. The van der Waals surface area contributed by atoms with Gasteiger partial charge in [0.05, 0.1) is 12.5 Å². The number of H-pyrrole nitrogens is 1. The Hall–Kier alpha value is -3.57. The first-order valence-corrected chi connectivity index (χ1v) is 8.69. The highest BCUT2D eigenvalue weighted by molar-refractivity contribution is 5.91. The van der Waals surface area contributed by atoms with Crippen molar-refractivity contribution in [2.24, 2.45) is 0 Å². The lowest BCUT2D eigenvalue weighted by Crippen LogP contribution is -2.38. The average molecular weight is 404 g/mol. The van der Waals surface area contributed by atoms with Gasteiger partial charge in [-0.3, -0.25) is 4.79 Å². The second-order valence-electron chi connectivity index (χ2n) is 6.30. The summed E-state index contributed by atoms with van der Waals surface area (Å²) in [6, 6.07) is -0.892. The molecule has 9 nitrogen and oxygen atoms in total. The Morgan fingerprint density at radius 2 is 2.10 bits per heavy atom. The lowest BCUT2D eigenvalue weighted by molar-refractivity contribution is -0.140. The van der Waals surface area contributed by atoms with E-state index in [1.54, 1.807) is 19.3 Å². The van der Waals surface area contributed by atoms with Crippen LogP contribution in [0.25, 0.3) is 33.6 Å². The lowest BCUT2D eigenvalue weighted by Gasteiger charge is -2.17. The molecule has 0 aliphatic carbocycles. The smallest absolute Gasteiger partial charge is 0.345 e. The van der Waals surface area contributed by atoms with E-state index in [0.717, 1.165) is 0 Å². The van der Waals surface area contributed by atoms with Crippen molar-refractivity contribution in [3.63, 3.8) is 0 Å². The predicted octanol–water partition coefficient (Wildman–Crippen LogP) is 2.39. The number of carbonyl (C=O) groups is 1. The molecular weight excluding hydrogens is 389 g/mol. The van der Waals surface area contributed by atoms with Gasteiger partial charge in [-0.25, -0.2) is 24.9 Å². The molecule has 1 amide bonds. The number of alkyl halides is 3. The number of aromatic amines is 1. The van der Waals surface area contributed by atoms with E-state index in [9.17, 15) is 18.0 Å². The van der Waals surface area contributed by atoms with Crippen molar-refractivity contribution in [2.75, 3.05) is 6.54 Å². The SMILES string of the molecule is CC[C@@H](C(=O)NCC(F)(F)F)n1cnc2cnc(-c3c[nH]c4ncncc34)nc21. The number of fused-ring (bicyclic) bond motifs is 2. The summed E-state index contributed by atoms with van der Waals surface area (Å²) < 4.78 is 38.8. The largest absolute Gasteiger partial charge is 0.405 e. The molecule has 1 atom stereocenters. The van der Waals surface area contributed by atoms with Gasteiger partial charge in [0.25, 0.3) is 0 Å². The maximum atomic E-state index is 12.4. The molecule has 29 heavy (non-hydrogen) atoms. The molecule has 0 saturated carbocycles. The van der Waals surface area contributed by atoms with Gasteiger partial charge < -0.3 is 14.9 Å². The third-order valence-corrected chi connectivity index (χ3v) is 4.40. The summed E-state index contributed by atoms with van der Waals surface area (Å²) in [6.07, 6.45) is 3.37. The molecule has 2 N–H and O–H groups in total. The minimum Gasteiger partial charge on any atom is -0.345 e. The Kier molecular flexibility index (Phi) is 4.60. The molecule has 0 unspecified atom stereocenters. The average Bonchev–Trinajstić information content (AvgIpc) is 3.30. The standard InChI is InChI=1S/C17H15F3N8O/c1-2-12(16(29)24-6-17(18,19)20)28-8-26-11-5-23-14(27-15(11)28)10-4-22-13-9(10)3-21-7-25-13/h3-5,7-8,12H,2,6H2,1H3,(H,24,29)(H,21,22,25)/t12-/m0/s1. The minimum atomic E-state index is -4.49. The van der Waals surface area contributed by atoms with E-state index in [1.807, 2.05) is 5.32 Å². The Morgan fingerprint density at radius 3 is 2.86 bits per heavy atom. The Bertz CT molecular complexity index is 1180. The molecule has 0 aliphatic heterocycles. The summed E-state index contributed by atoms with van der Waals surface area (Å²) in [4.78, 5) is 36.4. The van der Waals surface area contributed by atoms with Crippen molar-refractivity contribution in [2.45, 2.75) is 25.6 Å². The number of nitrogens with zero attached hydrogens (tertiary/aromatic N) is 6. The maximum absolute atomic E-state index is 12.4. The van der Waals surface area contributed by atoms with E-state index in [1.165, 1.54) is 23.4 Å². The first-order valence-electron chi connectivity index (χ1n) is 8.69. The van der Waals surface area contributed by atoms with Gasteiger partial charge >= 0.3 is 6.18 Å². The number of rotatable bonds is 5. The third kappa shape index (κ3) is 3.60. The van der Waals surface area contributed by atoms with Crippen LogP contribution in [-0.2, 0) is 4.79 Å². The zero-order valence-corrected chi connectivity index (χ0v) is 15.1. The van der Waals surface area contributed by atoms with Gasteiger partial charge in [-0.1, -0.05) is 6.92 Å². The number of hydrogen-bond acceptors (Lipinski definition) is 6. The molecule has 0 bridgehead atoms. The van der Waals surface area contributed by atoms with Crippen LogP contribution in [0.1, 0.15) is 19.4 Å². The number of carbonyl (C=O) groups excluding carboxylic acids is 1. The molecule has 0 aromatic carbocycles. The van der Waals surface area contributed by atoms with E-state index < -0.39 is 24.7 Å².